The van der Waals surface area contributed by atoms with Crippen LogP contribution in [0.4, 0.5) is 10.5 Å². The third kappa shape index (κ3) is 2.60. The molecule has 0 N–H and O–H groups in total. The molecule has 0 aromatic heterocycles. The van der Waals surface area contributed by atoms with Crippen LogP contribution in [0.5, 0.6) is 5.75 Å². The van der Waals surface area contributed by atoms with E-state index < -0.39 is 6.09 Å². The fourth-order valence-corrected chi connectivity index (χ4v) is 2.61. The minimum Gasteiger partial charge on any atom is -0.496 e. The lowest BCUT2D eigenvalue weighted by molar-refractivity contribution is 0.199. The normalized spacial score (nSPS) is 15.5. The van der Waals surface area contributed by atoms with Crippen LogP contribution in [-0.4, -0.2) is 20.3 Å². The number of amides is 1. The molecule has 3 rings (SSSR count). The Bertz CT molecular complexity index is 753. The molecule has 0 spiro atoms. The van der Waals surface area contributed by atoms with Crippen molar-refractivity contribution < 1.29 is 14.3 Å². The first kappa shape index (κ1) is 14.7. The number of hydrogen-bond donors (Lipinski definition) is 0. The molecular weight excluding hydrogens is 346 g/mol. The van der Waals surface area contributed by atoms with E-state index >= 15 is 0 Å². The van der Waals surface area contributed by atoms with Crippen LogP contribution in [0.1, 0.15) is 11.1 Å². The number of methoxy groups -OCH3 is 1. The Morgan fingerprint density at radius 3 is 2.59 bits per heavy atom. The Morgan fingerprint density at radius 2 is 1.91 bits per heavy atom. The molecule has 1 heterocycles. The van der Waals surface area contributed by atoms with E-state index in [1.807, 2.05) is 48.5 Å². The molecule has 0 bridgehead atoms. The van der Waals surface area contributed by atoms with Crippen molar-refractivity contribution in [3.05, 3.63) is 58.1 Å². The van der Waals surface area contributed by atoms with E-state index in [2.05, 4.69) is 15.9 Å². The summed E-state index contributed by atoms with van der Waals surface area (Å²) in [7, 11) is 3.28. The molecule has 0 saturated heterocycles. The van der Waals surface area contributed by atoms with E-state index in [9.17, 15) is 4.79 Å². The summed E-state index contributed by atoms with van der Waals surface area (Å²) < 4.78 is 11.9. The second kappa shape index (κ2) is 5.85. The van der Waals surface area contributed by atoms with Crippen molar-refractivity contribution in [3.63, 3.8) is 0 Å². The fraction of sp³-hybridized carbons (Fsp3) is 0.118. The van der Waals surface area contributed by atoms with Crippen LogP contribution in [0, 0.1) is 0 Å². The highest BCUT2D eigenvalue weighted by atomic mass is 79.9. The zero-order valence-electron chi connectivity index (χ0n) is 12.2. The van der Waals surface area contributed by atoms with Crippen molar-refractivity contribution >= 4 is 39.5 Å². The van der Waals surface area contributed by atoms with Gasteiger partial charge in [-0.25, -0.2) is 4.79 Å². The highest BCUT2D eigenvalue weighted by Crippen LogP contribution is 2.40. The summed E-state index contributed by atoms with van der Waals surface area (Å²) in [6.45, 7) is 0. The predicted molar refractivity (Wildman–Crippen MR) is 89.9 cm³/mol. The van der Waals surface area contributed by atoms with Gasteiger partial charge in [0.25, 0.3) is 0 Å². The maximum absolute atomic E-state index is 12.0. The maximum Gasteiger partial charge on any atom is 0.419 e. The topological polar surface area (TPSA) is 38.8 Å². The van der Waals surface area contributed by atoms with E-state index in [1.54, 1.807) is 14.2 Å². The van der Waals surface area contributed by atoms with Gasteiger partial charge in [-0.15, -0.1) is 0 Å². The number of anilines is 1. The summed E-state index contributed by atoms with van der Waals surface area (Å²) in [5.74, 6) is 1.15. The molecule has 0 unspecified atom stereocenters. The summed E-state index contributed by atoms with van der Waals surface area (Å²) >= 11 is 3.40. The lowest BCUT2D eigenvalue weighted by Gasteiger charge is -2.28. The van der Waals surface area contributed by atoms with Crippen molar-refractivity contribution in [1.29, 1.82) is 0 Å². The van der Waals surface area contributed by atoms with Crippen molar-refractivity contribution in [2.24, 2.45) is 0 Å². The van der Waals surface area contributed by atoms with E-state index in [0.29, 0.717) is 11.5 Å². The number of cyclic esters (lactones) is 1. The van der Waals surface area contributed by atoms with Crippen molar-refractivity contribution in [1.82, 2.24) is 0 Å². The number of hydrogen-bond acceptors (Lipinski definition) is 3. The highest BCUT2D eigenvalue weighted by molar-refractivity contribution is 9.10. The number of carbonyl (C=O) groups excluding carboxylic acids is 1. The number of ether oxygens (including phenoxy) is 2. The van der Waals surface area contributed by atoms with Crippen LogP contribution in [0.15, 0.2) is 46.9 Å². The smallest absolute Gasteiger partial charge is 0.419 e. The van der Waals surface area contributed by atoms with E-state index in [1.165, 1.54) is 4.90 Å². The van der Waals surface area contributed by atoms with Crippen LogP contribution in [0.2, 0.25) is 0 Å². The second-order valence-corrected chi connectivity index (χ2v) is 5.76. The third-order valence-corrected chi connectivity index (χ3v) is 4.00. The standard InChI is InChI=1S/C17H14BrNO3/c1-19-13-4-3-5-14(21-2)16(13)15(22-17(19)20)10-11-6-8-12(18)9-7-11/h3-10H,1-2H3/b15-10-. The summed E-state index contributed by atoms with van der Waals surface area (Å²) in [4.78, 5) is 13.5. The quantitative estimate of drug-likeness (QED) is 0.789. The first-order valence-corrected chi connectivity index (χ1v) is 7.49. The monoisotopic (exact) mass is 359 g/mol. The summed E-state index contributed by atoms with van der Waals surface area (Å²) in [5.41, 5.74) is 2.47. The lowest BCUT2D eigenvalue weighted by Crippen LogP contribution is -2.31. The Labute approximate surface area is 137 Å². The molecule has 22 heavy (non-hydrogen) atoms. The van der Waals surface area contributed by atoms with Gasteiger partial charge < -0.3 is 9.47 Å². The zero-order chi connectivity index (χ0) is 15.7. The minimum absolute atomic E-state index is 0.413. The van der Waals surface area contributed by atoms with Crippen molar-refractivity contribution in [3.8, 4) is 5.75 Å². The van der Waals surface area contributed by atoms with Crippen molar-refractivity contribution in [2.45, 2.75) is 0 Å². The Hall–Kier alpha value is -2.27. The van der Waals surface area contributed by atoms with Gasteiger partial charge >= 0.3 is 6.09 Å². The largest absolute Gasteiger partial charge is 0.496 e. The number of benzene rings is 2. The molecule has 0 fully saturated rings. The Balaban J connectivity index is 2.15. The number of fused-ring (bicyclic) bond motifs is 1. The second-order valence-electron chi connectivity index (χ2n) is 4.84. The third-order valence-electron chi connectivity index (χ3n) is 3.47. The number of nitrogens with zero attached hydrogens (tertiary/aromatic N) is 1. The predicted octanol–water partition coefficient (Wildman–Crippen LogP) is 4.54. The van der Waals surface area contributed by atoms with Crippen LogP contribution < -0.4 is 9.64 Å². The molecular formula is C17H14BrNO3. The zero-order valence-corrected chi connectivity index (χ0v) is 13.8. The first-order chi connectivity index (χ1) is 10.6. The molecule has 1 amide bonds. The van der Waals surface area contributed by atoms with Gasteiger partial charge in [-0.05, 0) is 35.9 Å². The van der Waals surface area contributed by atoms with Crippen LogP contribution >= 0.6 is 15.9 Å². The summed E-state index contributed by atoms with van der Waals surface area (Å²) in [6, 6.07) is 13.3. The summed E-state index contributed by atoms with van der Waals surface area (Å²) in [5, 5.41) is 0. The van der Waals surface area contributed by atoms with Gasteiger partial charge in [0.2, 0.25) is 0 Å². The molecule has 2 aromatic carbocycles. The fourth-order valence-electron chi connectivity index (χ4n) is 2.34. The van der Waals surface area contributed by atoms with Gasteiger partial charge in [-0.1, -0.05) is 34.1 Å². The minimum atomic E-state index is -0.413. The van der Waals surface area contributed by atoms with E-state index in [-0.39, 0.29) is 0 Å². The first-order valence-electron chi connectivity index (χ1n) is 6.70. The van der Waals surface area contributed by atoms with E-state index in [4.69, 9.17) is 9.47 Å². The van der Waals surface area contributed by atoms with Crippen LogP contribution in [-0.2, 0) is 4.74 Å². The van der Waals surface area contributed by atoms with Gasteiger partial charge in [-0.3, -0.25) is 4.90 Å². The van der Waals surface area contributed by atoms with Gasteiger partial charge in [0, 0.05) is 11.5 Å². The lowest BCUT2D eigenvalue weighted by atomic mass is 10.0. The van der Waals surface area contributed by atoms with Gasteiger partial charge in [-0.2, -0.15) is 0 Å². The molecule has 112 valence electrons. The van der Waals surface area contributed by atoms with Crippen LogP contribution in [0.25, 0.3) is 11.8 Å². The molecule has 4 nitrogen and oxygen atoms in total. The number of carbonyl (C=O) groups is 1. The Kier molecular flexibility index (Phi) is 3.90. The van der Waals surface area contributed by atoms with Gasteiger partial charge in [0.15, 0.2) is 0 Å². The summed E-state index contributed by atoms with van der Waals surface area (Å²) in [6.07, 6.45) is 1.42. The molecule has 1 aliphatic rings. The van der Waals surface area contributed by atoms with E-state index in [0.717, 1.165) is 21.3 Å². The van der Waals surface area contributed by atoms with Gasteiger partial charge in [0.05, 0.1) is 18.4 Å². The molecule has 0 aliphatic carbocycles. The van der Waals surface area contributed by atoms with Crippen molar-refractivity contribution in [2.75, 3.05) is 19.1 Å². The maximum atomic E-state index is 12.0. The number of rotatable bonds is 2. The molecule has 2 aromatic rings. The molecule has 5 heteroatoms. The average molecular weight is 360 g/mol. The van der Waals surface area contributed by atoms with Crippen LogP contribution in [0.3, 0.4) is 0 Å². The average Bonchev–Trinajstić information content (AvgIpc) is 2.53. The molecule has 0 radical (unpaired) electrons. The highest BCUT2D eigenvalue weighted by Gasteiger charge is 2.29. The SMILES string of the molecule is COc1cccc2c1/C(=C/c1ccc(Br)cc1)OC(=O)N2C. The Morgan fingerprint density at radius 1 is 1.18 bits per heavy atom. The van der Waals surface area contributed by atoms with Gasteiger partial charge in [0.1, 0.15) is 11.5 Å². The molecule has 0 saturated carbocycles. The number of halogens is 1. The molecule has 1 aliphatic heterocycles. The molecule has 0 atom stereocenters.